The first-order valence-corrected chi connectivity index (χ1v) is 3.41. The van der Waals surface area contributed by atoms with Crippen LogP contribution in [0.2, 0.25) is 0 Å². The van der Waals surface area contributed by atoms with Gasteiger partial charge in [-0.15, -0.1) is 0 Å². The highest BCUT2D eigenvalue weighted by atomic mass is 14.9. The van der Waals surface area contributed by atoms with Gasteiger partial charge in [0.1, 0.15) is 0 Å². The summed E-state index contributed by atoms with van der Waals surface area (Å²) in [6.45, 7) is 5.38. The first kappa shape index (κ1) is 6.40. The Morgan fingerprint density at radius 2 is 2.33 bits per heavy atom. The molecule has 0 bridgehead atoms. The molecule has 0 fully saturated rings. The SMILES string of the molecule is CC(C)C1=CC=CCN1. The van der Waals surface area contributed by atoms with Gasteiger partial charge in [0.2, 0.25) is 0 Å². The Labute approximate surface area is 56.5 Å². The van der Waals surface area contributed by atoms with Crippen molar-refractivity contribution in [3.05, 3.63) is 23.9 Å². The van der Waals surface area contributed by atoms with Crippen LogP contribution in [0.4, 0.5) is 0 Å². The molecule has 1 N–H and O–H groups in total. The average molecular weight is 123 g/mol. The van der Waals surface area contributed by atoms with Crippen molar-refractivity contribution in [1.82, 2.24) is 5.32 Å². The Morgan fingerprint density at radius 1 is 1.56 bits per heavy atom. The van der Waals surface area contributed by atoms with E-state index in [1.165, 1.54) is 5.70 Å². The molecule has 1 aliphatic heterocycles. The van der Waals surface area contributed by atoms with Crippen molar-refractivity contribution >= 4 is 0 Å². The zero-order chi connectivity index (χ0) is 6.69. The fourth-order valence-corrected chi connectivity index (χ4v) is 0.872. The second-order valence-electron chi connectivity index (χ2n) is 2.59. The molecule has 1 nitrogen and oxygen atoms in total. The van der Waals surface area contributed by atoms with Crippen molar-refractivity contribution in [1.29, 1.82) is 0 Å². The molecule has 0 saturated heterocycles. The highest BCUT2D eigenvalue weighted by molar-refractivity contribution is 5.17. The Kier molecular flexibility index (Phi) is 1.93. The molecule has 1 heteroatoms. The summed E-state index contributed by atoms with van der Waals surface area (Å²) in [5, 5.41) is 3.29. The van der Waals surface area contributed by atoms with Crippen molar-refractivity contribution < 1.29 is 0 Å². The van der Waals surface area contributed by atoms with Crippen LogP contribution >= 0.6 is 0 Å². The molecule has 0 atom stereocenters. The topological polar surface area (TPSA) is 12.0 Å². The third-order valence-electron chi connectivity index (χ3n) is 1.46. The van der Waals surface area contributed by atoms with Gasteiger partial charge in [-0.2, -0.15) is 0 Å². The molecule has 0 saturated carbocycles. The van der Waals surface area contributed by atoms with E-state index >= 15 is 0 Å². The number of dihydropyridines is 1. The standard InChI is InChI=1S/C8H13N/c1-7(2)8-5-3-4-6-9-8/h3-5,7,9H,6H2,1-2H3. The van der Waals surface area contributed by atoms with Gasteiger partial charge >= 0.3 is 0 Å². The molecular weight excluding hydrogens is 110 g/mol. The van der Waals surface area contributed by atoms with Gasteiger partial charge in [-0.05, 0) is 12.0 Å². The van der Waals surface area contributed by atoms with Gasteiger partial charge in [0.25, 0.3) is 0 Å². The van der Waals surface area contributed by atoms with Crippen LogP contribution in [-0.4, -0.2) is 6.54 Å². The molecule has 0 aromatic rings. The van der Waals surface area contributed by atoms with Gasteiger partial charge < -0.3 is 5.32 Å². The van der Waals surface area contributed by atoms with Crippen LogP contribution in [0.5, 0.6) is 0 Å². The second kappa shape index (κ2) is 2.72. The molecule has 0 amide bonds. The molecule has 9 heavy (non-hydrogen) atoms. The van der Waals surface area contributed by atoms with Gasteiger partial charge in [-0.1, -0.05) is 26.0 Å². The van der Waals surface area contributed by atoms with Crippen molar-refractivity contribution in [2.24, 2.45) is 5.92 Å². The summed E-state index contributed by atoms with van der Waals surface area (Å²) >= 11 is 0. The number of rotatable bonds is 1. The lowest BCUT2D eigenvalue weighted by molar-refractivity contribution is 0.675. The van der Waals surface area contributed by atoms with E-state index in [2.05, 4.69) is 37.4 Å². The van der Waals surface area contributed by atoms with Gasteiger partial charge in [0, 0.05) is 12.2 Å². The number of nitrogens with one attached hydrogen (secondary N) is 1. The Balaban J connectivity index is 2.57. The Morgan fingerprint density at radius 3 is 2.67 bits per heavy atom. The fourth-order valence-electron chi connectivity index (χ4n) is 0.872. The van der Waals surface area contributed by atoms with E-state index in [0.29, 0.717) is 5.92 Å². The lowest BCUT2D eigenvalue weighted by atomic mass is 10.1. The smallest absolute Gasteiger partial charge is 0.0330 e. The predicted molar refractivity (Wildman–Crippen MR) is 40.1 cm³/mol. The highest BCUT2D eigenvalue weighted by Gasteiger charge is 2.00. The minimum absolute atomic E-state index is 0.634. The summed E-state index contributed by atoms with van der Waals surface area (Å²) in [7, 11) is 0. The van der Waals surface area contributed by atoms with E-state index in [1.54, 1.807) is 0 Å². The number of hydrogen-bond donors (Lipinski definition) is 1. The molecule has 0 aliphatic carbocycles. The minimum atomic E-state index is 0.634. The molecule has 0 unspecified atom stereocenters. The first-order valence-electron chi connectivity index (χ1n) is 3.41. The second-order valence-corrected chi connectivity index (χ2v) is 2.59. The first-order chi connectivity index (χ1) is 4.30. The van der Waals surface area contributed by atoms with Crippen LogP contribution in [-0.2, 0) is 0 Å². The third-order valence-corrected chi connectivity index (χ3v) is 1.46. The highest BCUT2D eigenvalue weighted by Crippen LogP contribution is 2.07. The zero-order valence-corrected chi connectivity index (χ0v) is 6.02. The van der Waals surface area contributed by atoms with Gasteiger partial charge in [0.15, 0.2) is 0 Å². The summed E-state index contributed by atoms with van der Waals surface area (Å²) in [4.78, 5) is 0. The van der Waals surface area contributed by atoms with E-state index in [0.717, 1.165) is 6.54 Å². The Bertz CT molecular complexity index is 143. The molecule has 1 rings (SSSR count). The van der Waals surface area contributed by atoms with Gasteiger partial charge in [-0.3, -0.25) is 0 Å². The van der Waals surface area contributed by atoms with E-state index < -0.39 is 0 Å². The van der Waals surface area contributed by atoms with E-state index in [1.807, 2.05) is 0 Å². The molecule has 0 aromatic carbocycles. The summed E-state index contributed by atoms with van der Waals surface area (Å²) in [5.41, 5.74) is 1.34. The minimum Gasteiger partial charge on any atom is -0.385 e. The summed E-state index contributed by atoms with van der Waals surface area (Å²) < 4.78 is 0. The maximum atomic E-state index is 3.29. The van der Waals surface area contributed by atoms with Crippen molar-refractivity contribution in [2.45, 2.75) is 13.8 Å². The van der Waals surface area contributed by atoms with E-state index in [-0.39, 0.29) is 0 Å². The summed E-state index contributed by atoms with van der Waals surface area (Å²) in [5.74, 6) is 0.634. The van der Waals surface area contributed by atoms with Gasteiger partial charge in [-0.25, -0.2) is 0 Å². The molecule has 0 radical (unpaired) electrons. The lowest BCUT2D eigenvalue weighted by Gasteiger charge is -2.14. The monoisotopic (exact) mass is 123 g/mol. The maximum absolute atomic E-state index is 3.29. The third kappa shape index (κ3) is 1.60. The number of hydrogen-bond acceptors (Lipinski definition) is 1. The van der Waals surface area contributed by atoms with Crippen molar-refractivity contribution in [2.75, 3.05) is 6.54 Å². The van der Waals surface area contributed by atoms with Gasteiger partial charge in [0.05, 0.1) is 0 Å². The molecular formula is C8H13N. The van der Waals surface area contributed by atoms with Crippen molar-refractivity contribution in [3.63, 3.8) is 0 Å². The quantitative estimate of drug-likeness (QED) is 0.559. The van der Waals surface area contributed by atoms with E-state index in [4.69, 9.17) is 0 Å². The van der Waals surface area contributed by atoms with Crippen LogP contribution in [0.15, 0.2) is 23.9 Å². The van der Waals surface area contributed by atoms with E-state index in [9.17, 15) is 0 Å². The van der Waals surface area contributed by atoms with Crippen LogP contribution in [0.3, 0.4) is 0 Å². The van der Waals surface area contributed by atoms with Crippen molar-refractivity contribution in [3.8, 4) is 0 Å². The fraction of sp³-hybridized carbons (Fsp3) is 0.500. The maximum Gasteiger partial charge on any atom is 0.0330 e. The van der Waals surface area contributed by atoms with Crippen LogP contribution in [0.25, 0.3) is 0 Å². The zero-order valence-electron chi connectivity index (χ0n) is 6.02. The molecule has 0 spiro atoms. The number of allylic oxidation sites excluding steroid dienone is 3. The normalized spacial score (nSPS) is 17.4. The summed E-state index contributed by atoms with van der Waals surface area (Å²) in [6.07, 6.45) is 6.35. The molecule has 50 valence electrons. The predicted octanol–water partition coefficient (Wildman–Crippen LogP) is 1.69. The lowest BCUT2D eigenvalue weighted by Crippen LogP contribution is -2.19. The molecule has 1 aliphatic rings. The largest absolute Gasteiger partial charge is 0.385 e. The van der Waals surface area contributed by atoms with Crippen LogP contribution in [0.1, 0.15) is 13.8 Å². The molecule has 1 heterocycles. The van der Waals surface area contributed by atoms with Crippen LogP contribution in [0, 0.1) is 5.92 Å². The average Bonchev–Trinajstić information content (AvgIpc) is 1.90. The molecule has 0 aromatic heterocycles. The summed E-state index contributed by atoms with van der Waals surface area (Å²) in [6, 6.07) is 0. The Hall–Kier alpha value is -0.720. The van der Waals surface area contributed by atoms with Crippen LogP contribution < -0.4 is 5.32 Å².